The van der Waals surface area contributed by atoms with Crippen LogP contribution in [0.4, 0.5) is 26.7 Å². The predicted octanol–water partition coefficient (Wildman–Crippen LogP) is 7.14. The first kappa shape index (κ1) is 68.7. The lowest BCUT2D eigenvalue weighted by atomic mass is 9.76. The van der Waals surface area contributed by atoms with Crippen LogP contribution < -0.4 is 47.9 Å². The van der Waals surface area contributed by atoms with Crippen molar-refractivity contribution in [2.75, 3.05) is 36.2 Å². The van der Waals surface area contributed by atoms with E-state index in [1.807, 2.05) is 103 Å². The van der Waals surface area contributed by atoms with E-state index < -0.39 is 88.7 Å². The number of para-hydroxylation sites is 1. The van der Waals surface area contributed by atoms with Gasteiger partial charge in [-0.3, -0.25) is 34.1 Å². The molecule has 0 saturated heterocycles. The summed E-state index contributed by atoms with van der Waals surface area (Å²) < 4.78 is 5.56. The van der Waals surface area contributed by atoms with Crippen molar-refractivity contribution in [3.05, 3.63) is 125 Å². The number of likely N-dealkylation sites (N-methyl/N-ethyl adjacent to an activating group) is 2. The van der Waals surface area contributed by atoms with Gasteiger partial charge in [-0.25, -0.2) is 14.4 Å². The van der Waals surface area contributed by atoms with Gasteiger partial charge in [-0.15, -0.1) is 0 Å². The maximum absolute atomic E-state index is 14.3. The molecule has 4 aromatic carbocycles. The van der Waals surface area contributed by atoms with E-state index in [0.717, 1.165) is 11.1 Å². The molecular weight excluding hydrogens is 1140 g/mol. The first-order valence-corrected chi connectivity index (χ1v) is 29.6. The van der Waals surface area contributed by atoms with Crippen LogP contribution in [0, 0.1) is 17.3 Å². The Hall–Kier alpha value is -9.45. The van der Waals surface area contributed by atoms with Crippen LogP contribution in [0.5, 0.6) is 0 Å². The molecule has 0 radical (unpaired) electrons. The van der Waals surface area contributed by atoms with Crippen LogP contribution in [-0.2, 0) is 56.9 Å². The number of ether oxygens (including phenoxy) is 1. The number of nitrogens with two attached hydrogens (primary N) is 1. The Kier molecular flexibility index (Phi) is 23.5. The summed E-state index contributed by atoms with van der Waals surface area (Å²) in [6, 6.07) is 22.9. The van der Waals surface area contributed by atoms with Crippen LogP contribution in [-0.4, -0.2) is 130 Å². The minimum absolute atomic E-state index is 0.0727. The molecule has 0 bridgehead atoms. The Labute approximate surface area is 519 Å². The summed E-state index contributed by atoms with van der Waals surface area (Å²) in [5.74, 6) is -4.60. The monoisotopic (exact) mass is 1220 g/mol. The number of fused-ring (bicyclic) bond motifs is 5. The van der Waals surface area contributed by atoms with Gasteiger partial charge in [0.25, 0.3) is 0 Å². The molecule has 6 rings (SSSR count). The van der Waals surface area contributed by atoms with Gasteiger partial charge in [-0.2, -0.15) is 15.4 Å². The Morgan fingerprint density at radius 3 is 2.03 bits per heavy atom. The molecule has 1 unspecified atom stereocenters. The number of carboxylic acids is 1. The maximum atomic E-state index is 14.3. The lowest BCUT2D eigenvalue weighted by Crippen LogP contribution is -2.61. The van der Waals surface area contributed by atoms with E-state index in [2.05, 4.69) is 52.6 Å². The molecule has 1 aromatic heterocycles. The summed E-state index contributed by atoms with van der Waals surface area (Å²) >= 11 is 0. The number of aromatic amines is 1. The van der Waals surface area contributed by atoms with Crippen molar-refractivity contribution < 1.29 is 53.0 Å². The zero-order valence-electron chi connectivity index (χ0n) is 52.7. The molecule has 11 N–H and O–H groups in total. The lowest BCUT2D eigenvalue weighted by molar-refractivity contribution is -0.141. The normalized spacial score (nSPS) is 14.0. The predicted molar refractivity (Wildman–Crippen MR) is 339 cm³/mol. The largest absolute Gasteiger partial charge is 0.478 e. The van der Waals surface area contributed by atoms with Gasteiger partial charge in [0, 0.05) is 59.9 Å². The number of carboxylic acid groups (broad SMARTS) is 1. The van der Waals surface area contributed by atoms with Gasteiger partial charge in [-0.1, -0.05) is 135 Å². The number of hydrogen-bond acceptors (Lipinski definition) is 13. The Balaban J connectivity index is 1.04. The molecular formula is C65H85N13O11. The molecule has 89 heavy (non-hydrogen) atoms. The highest BCUT2D eigenvalue weighted by Crippen LogP contribution is 2.40. The third kappa shape index (κ3) is 18.1. The molecule has 24 heteroatoms. The van der Waals surface area contributed by atoms with E-state index >= 15 is 0 Å². The van der Waals surface area contributed by atoms with Crippen LogP contribution in [0.15, 0.2) is 109 Å². The highest BCUT2D eigenvalue weighted by molar-refractivity contribution is 6.02. The second-order valence-electron chi connectivity index (χ2n) is 24.5. The number of amides is 9. The number of nitrogens with zero attached hydrogens (tertiary/aromatic N) is 4. The Bertz CT molecular complexity index is 3410. The van der Waals surface area contributed by atoms with Crippen molar-refractivity contribution in [2.24, 2.45) is 23.0 Å². The number of aromatic nitrogens is 3. The minimum Gasteiger partial charge on any atom is -0.478 e. The number of carbonyl (C=O) groups excluding carboxylic acids is 8. The zero-order valence-corrected chi connectivity index (χ0v) is 52.7. The smallest absolute Gasteiger partial charge is 0.411 e. The molecule has 5 aromatic rings. The summed E-state index contributed by atoms with van der Waals surface area (Å²) in [4.78, 5) is 124. The zero-order chi connectivity index (χ0) is 65.5. The highest BCUT2D eigenvalue weighted by Gasteiger charge is 2.42. The van der Waals surface area contributed by atoms with Gasteiger partial charge in [0.2, 0.25) is 35.4 Å². The molecule has 2 heterocycles. The topological polar surface area (TPSA) is 341 Å². The number of urea groups is 1. The van der Waals surface area contributed by atoms with E-state index in [1.54, 1.807) is 81.4 Å². The van der Waals surface area contributed by atoms with Gasteiger partial charge in [0.1, 0.15) is 36.1 Å². The van der Waals surface area contributed by atoms with Crippen molar-refractivity contribution in [2.45, 2.75) is 144 Å². The van der Waals surface area contributed by atoms with Gasteiger partial charge < -0.3 is 57.3 Å². The van der Waals surface area contributed by atoms with E-state index in [4.69, 9.17) is 10.5 Å². The maximum Gasteiger partial charge on any atom is 0.411 e. The number of primary amides is 1. The quantitative estimate of drug-likeness (QED) is 0.0194. The number of anilines is 3. The fourth-order valence-electron chi connectivity index (χ4n) is 10.6. The molecule has 24 nitrogen and oxygen atoms in total. The van der Waals surface area contributed by atoms with Crippen LogP contribution in [0.3, 0.4) is 0 Å². The summed E-state index contributed by atoms with van der Waals surface area (Å²) in [7, 11) is 3.24. The molecule has 0 saturated carbocycles. The second-order valence-corrected chi connectivity index (χ2v) is 24.5. The molecule has 0 spiro atoms. The van der Waals surface area contributed by atoms with Crippen LogP contribution in [0.1, 0.15) is 112 Å². The number of aliphatic carboxylic acids is 1. The second kappa shape index (κ2) is 30.5. The van der Waals surface area contributed by atoms with Gasteiger partial charge in [-0.05, 0) is 91.1 Å². The number of nitrogens with one attached hydrogen (secondary N) is 8. The molecule has 476 valence electrons. The fraction of sp³-hybridized carbons (Fsp3) is 0.431. The minimum atomic E-state index is -1.14. The van der Waals surface area contributed by atoms with Crippen LogP contribution in [0.25, 0.3) is 22.5 Å². The van der Waals surface area contributed by atoms with E-state index in [-0.39, 0.29) is 68.7 Å². The van der Waals surface area contributed by atoms with E-state index in [0.29, 0.717) is 45.1 Å². The molecule has 1 aliphatic heterocycles. The van der Waals surface area contributed by atoms with Crippen molar-refractivity contribution >= 4 is 70.6 Å². The number of hydrogen-bond donors (Lipinski definition) is 10. The Morgan fingerprint density at radius 1 is 0.753 bits per heavy atom. The summed E-state index contributed by atoms with van der Waals surface area (Å²) in [6.07, 6.45) is 0.669. The summed E-state index contributed by atoms with van der Waals surface area (Å²) in [6.45, 7) is 18.1. The molecule has 1 aliphatic rings. The lowest BCUT2D eigenvalue weighted by Gasteiger charge is -2.40. The first-order chi connectivity index (χ1) is 42.0. The average molecular weight is 1220 g/mol. The van der Waals surface area contributed by atoms with Crippen LogP contribution in [0.2, 0.25) is 0 Å². The number of H-pyrrole nitrogens is 1. The standard InChI is InChI=1S/C65H85N13O11/c1-37(2)49(33-39(5)61(85)86)77(12)60(84)56(64(6,7)8)73-59(83)55(67-11)65(9,10)42-20-17-21-44(34-42)70-63(88)89-36-40-26-28-43(29-27-40)69-57(81)47(24-18-32-68-62(66)87)71-58(82)52(38(3)4)72-50(79)30-31-51(80)78-35-41-19-13-14-22-45(41)53-54(75-76-74-53)46-23-15-16-25-48(46)78/h13-17,19-23,25-29,33-34,37-38,47,49,52,55-56,67H,18,24,30-32,35-36H2,1-12H3,(H,69,81)(H,70,88)(H,71,82)(H,72,79)(H,73,83)(H,85,86)(H3,66,68,87)(H,74,75,76)/b39-33+/t47-,49+,52-,55+,56?/m0/s1. The van der Waals surface area contributed by atoms with E-state index in [9.17, 15) is 48.3 Å². The fourth-order valence-corrected chi connectivity index (χ4v) is 10.6. The third-order valence-corrected chi connectivity index (χ3v) is 15.7. The molecule has 0 aliphatic carbocycles. The number of rotatable bonds is 26. The first-order valence-electron chi connectivity index (χ1n) is 29.6. The average Bonchev–Trinajstić information content (AvgIpc) is 1.84. The summed E-state index contributed by atoms with van der Waals surface area (Å²) in [5.41, 5.74) is 9.90. The van der Waals surface area contributed by atoms with Gasteiger partial charge in [0.05, 0.1) is 24.3 Å². The van der Waals surface area contributed by atoms with Gasteiger partial charge in [0.15, 0.2) is 0 Å². The van der Waals surface area contributed by atoms with Crippen LogP contribution >= 0.6 is 0 Å². The Morgan fingerprint density at radius 2 is 1.40 bits per heavy atom. The number of benzene rings is 4. The molecule has 0 fully saturated rings. The highest BCUT2D eigenvalue weighted by atomic mass is 16.5. The summed E-state index contributed by atoms with van der Waals surface area (Å²) in [5, 5.41) is 40.8. The van der Waals surface area contributed by atoms with Gasteiger partial charge >= 0.3 is 18.1 Å². The van der Waals surface area contributed by atoms with Crippen molar-refractivity contribution in [1.29, 1.82) is 0 Å². The van der Waals surface area contributed by atoms with Crippen molar-refractivity contribution in [1.82, 2.24) is 46.9 Å². The molecule has 5 atom stereocenters. The SMILES string of the molecule is CN[C@H](C(=O)NC(C(=O)N(C)[C@H](/C=C(\C)C(=O)O)C(C)C)C(C)(C)C)C(C)(C)c1cccc(NC(=O)OCc2ccc(NC(=O)[C@H](CCCNC(N)=O)NC(=O)[C@@H](NC(=O)CCC(=O)N3Cc4ccccc4-c4n[nH]nc4-c4ccccc43)C(C)C)cc2)c1. The van der Waals surface area contributed by atoms with E-state index in [1.165, 1.54) is 11.8 Å². The number of carbonyl (C=O) groups is 9. The van der Waals surface area contributed by atoms with Crippen molar-refractivity contribution in [3.63, 3.8) is 0 Å². The molecule has 9 amide bonds. The van der Waals surface area contributed by atoms with Crippen molar-refractivity contribution in [3.8, 4) is 22.5 Å². The third-order valence-electron chi connectivity index (χ3n) is 15.7.